The average Bonchev–Trinajstić information content (AvgIpc) is 3.05. The van der Waals surface area contributed by atoms with Gasteiger partial charge in [0.2, 0.25) is 12.2 Å². The number of nitriles is 1. The number of nitrogens with zero attached hydrogens (tertiary/aromatic N) is 7. The van der Waals surface area contributed by atoms with Gasteiger partial charge >= 0.3 is 0 Å². The lowest BCUT2D eigenvalue weighted by molar-refractivity contribution is 0.288. The molecule has 0 spiro atoms. The maximum atomic E-state index is 9.35. The highest BCUT2D eigenvalue weighted by atomic mass is 15.5. The molecule has 2 aliphatic rings. The Hall–Kier alpha value is -3.66. The molecule has 7 heteroatoms. The Morgan fingerprint density at radius 3 is 2.63 bits per heavy atom. The molecule has 0 bridgehead atoms. The molecule has 2 aromatic carbocycles. The molecule has 0 N–H and O–H groups in total. The monoisotopic (exact) mass is 397 g/mol. The van der Waals surface area contributed by atoms with Crippen LogP contribution in [0.1, 0.15) is 12.5 Å². The molecule has 2 unspecified atom stereocenters. The zero-order valence-corrected chi connectivity index (χ0v) is 17.1. The van der Waals surface area contributed by atoms with Crippen LogP contribution in [-0.2, 0) is 0 Å². The predicted octanol–water partition coefficient (Wildman–Crippen LogP) is 3.17. The van der Waals surface area contributed by atoms with E-state index in [4.69, 9.17) is 4.98 Å². The summed E-state index contributed by atoms with van der Waals surface area (Å²) in [5, 5.41) is 9.35. The molecule has 0 saturated carbocycles. The van der Waals surface area contributed by atoms with Gasteiger partial charge in [0, 0.05) is 25.3 Å². The van der Waals surface area contributed by atoms with E-state index in [0.29, 0.717) is 0 Å². The molecule has 150 valence electrons. The highest BCUT2D eigenvalue weighted by Crippen LogP contribution is 2.34. The van der Waals surface area contributed by atoms with E-state index in [9.17, 15) is 5.26 Å². The van der Waals surface area contributed by atoms with Gasteiger partial charge in [0.1, 0.15) is 5.82 Å². The number of aliphatic imine (C=N–C) groups is 1. The van der Waals surface area contributed by atoms with Gasteiger partial charge in [0.25, 0.3) is 0 Å². The number of hydrogen-bond donors (Lipinski definition) is 0. The van der Waals surface area contributed by atoms with E-state index in [1.165, 1.54) is 5.56 Å². The van der Waals surface area contributed by atoms with Gasteiger partial charge in [-0.15, -0.1) is 4.99 Å². The number of para-hydroxylation sites is 3. The molecule has 7 nitrogen and oxygen atoms in total. The van der Waals surface area contributed by atoms with Gasteiger partial charge in [-0.2, -0.15) is 5.26 Å². The predicted molar refractivity (Wildman–Crippen MR) is 118 cm³/mol. The summed E-state index contributed by atoms with van der Waals surface area (Å²) in [6, 6.07) is 16.6. The van der Waals surface area contributed by atoms with Gasteiger partial charge in [-0.3, -0.25) is 4.98 Å². The van der Waals surface area contributed by atoms with Crippen molar-refractivity contribution in [2.45, 2.75) is 25.9 Å². The number of aromatic nitrogens is 2. The molecule has 2 atom stereocenters. The molecular formula is C23H23N7. The number of hydrogen-bond acceptors (Lipinski definition) is 5. The number of aryl methyl sites for hydroxylation is 1. The van der Waals surface area contributed by atoms with Crippen molar-refractivity contribution in [2.75, 3.05) is 29.4 Å². The number of benzene rings is 2. The first-order valence-electron chi connectivity index (χ1n) is 10.2. The van der Waals surface area contributed by atoms with E-state index in [-0.39, 0.29) is 12.1 Å². The summed E-state index contributed by atoms with van der Waals surface area (Å²) >= 11 is 0. The third kappa shape index (κ3) is 2.92. The van der Waals surface area contributed by atoms with E-state index in [1.54, 1.807) is 0 Å². The smallest absolute Gasteiger partial charge is 0.217 e. The third-order valence-corrected chi connectivity index (χ3v) is 6.14. The van der Waals surface area contributed by atoms with Crippen LogP contribution in [0.5, 0.6) is 0 Å². The fourth-order valence-electron chi connectivity index (χ4n) is 4.60. The summed E-state index contributed by atoms with van der Waals surface area (Å²) < 4.78 is 0. The van der Waals surface area contributed by atoms with Crippen molar-refractivity contribution in [3.63, 3.8) is 0 Å². The second-order valence-corrected chi connectivity index (χ2v) is 7.83. The molecule has 0 amide bonds. The summed E-state index contributed by atoms with van der Waals surface area (Å²) in [5.41, 5.74) is 4.09. The van der Waals surface area contributed by atoms with Gasteiger partial charge in [0.05, 0.1) is 29.3 Å². The first kappa shape index (κ1) is 18.4. The van der Waals surface area contributed by atoms with Crippen LogP contribution in [0.15, 0.2) is 59.7 Å². The fraction of sp³-hybridized carbons (Fsp3) is 0.304. The topological polar surface area (TPSA) is 71.7 Å². The molecule has 0 aliphatic carbocycles. The number of rotatable bonds is 2. The highest BCUT2D eigenvalue weighted by Gasteiger charge is 2.45. The van der Waals surface area contributed by atoms with Crippen LogP contribution >= 0.6 is 0 Å². The van der Waals surface area contributed by atoms with Crippen molar-refractivity contribution in [1.29, 1.82) is 5.26 Å². The van der Waals surface area contributed by atoms with Crippen molar-refractivity contribution in [3.8, 4) is 6.19 Å². The van der Waals surface area contributed by atoms with Crippen LogP contribution in [0.4, 0.5) is 11.5 Å². The van der Waals surface area contributed by atoms with Crippen LogP contribution in [0.3, 0.4) is 0 Å². The molecule has 5 rings (SSSR count). The second-order valence-electron chi connectivity index (χ2n) is 7.83. The van der Waals surface area contributed by atoms with Crippen molar-refractivity contribution >= 4 is 28.5 Å². The SMILES string of the molecule is Cc1ccccc1N1/C(=N/C#N)N2CCN(c3cnc4ccccc4n3)CC2C1C. The van der Waals surface area contributed by atoms with Crippen molar-refractivity contribution in [3.05, 3.63) is 60.3 Å². The Labute approximate surface area is 175 Å². The average molecular weight is 397 g/mol. The maximum absolute atomic E-state index is 9.35. The largest absolute Gasteiger partial charge is 0.351 e. The van der Waals surface area contributed by atoms with Crippen molar-refractivity contribution < 1.29 is 0 Å². The Kier molecular flexibility index (Phi) is 4.47. The minimum Gasteiger partial charge on any atom is -0.351 e. The van der Waals surface area contributed by atoms with Crippen LogP contribution in [0.25, 0.3) is 11.0 Å². The minimum absolute atomic E-state index is 0.175. The molecule has 1 aromatic heterocycles. The molecule has 2 aliphatic heterocycles. The van der Waals surface area contributed by atoms with Gasteiger partial charge in [-0.1, -0.05) is 30.3 Å². The lowest BCUT2D eigenvalue weighted by Crippen LogP contribution is -2.54. The quantitative estimate of drug-likeness (QED) is 0.619. The van der Waals surface area contributed by atoms with Crippen LogP contribution in [0, 0.1) is 18.4 Å². The Morgan fingerprint density at radius 1 is 1.07 bits per heavy atom. The minimum atomic E-state index is 0.175. The van der Waals surface area contributed by atoms with Crippen LogP contribution < -0.4 is 9.80 Å². The normalized spacial score (nSPS) is 22.4. The summed E-state index contributed by atoms with van der Waals surface area (Å²) in [5.74, 6) is 1.64. The van der Waals surface area contributed by atoms with Crippen molar-refractivity contribution in [1.82, 2.24) is 14.9 Å². The van der Waals surface area contributed by atoms with E-state index < -0.39 is 0 Å². The zero-order chi connectivity index (χ0) is 20.7. The van der Waals surface area contributed by atoms with E-state index in [2.05, 4.69) is 50.7 Å². The van der Waals surface area contributed by atoms with E-state index >= 15 is 0 Å². The Bertz CT molecular complexity index is 1170. The molecule has 2 fully saturated rings. The Balaban J connectivity index is 1.48. The standard InChI is InChI=1S/C23H23N7/c1-16-7-3-6-10-20(16)30-17(2)21-14-28(11-12-29(21)23(30)26-15-24)22-13-25-18-8-4-5-9-19(18)27-22/h3-10,13,17,21H,11-12,14H2,1-2H3/b26-23+. The molecule has 30 heavy (non-hydrogen) atoms. The molecule has 3 heterocycles. The number of anilines is 2. The second kappa shape index (κ2) is 7.30. The summed E-state index contributed by atoms with van der Waals surface area (Å²) in [4.78, 5) is 20.4. The third-order valence-electron chi connectivity index (χ3n) is 6.14. The number of fused-ring (bicyclic) bond motifs is 2. The summed E-state index contributed by atoms with van der Waals surface area (Å²) in [6.07, 6.45) is 3.88. The maximum Gasteiger partial charge on any atom is 0.217 e. The van der Waals surface area contributed by atoms with Crippen LogP contribution in [-0.4, -0.2) is 52.5 Å². The van der Waals surface area contributed by atoms with Gasteiger partial charge < -0.3 is 14.7 Å². The zero-order valence-electron chi connectivity index (χ0n) is 17.1. The lowest BCUT2D eigenvalue weighted by atomic mass is 10.1. The van der Waals surface area contributed by atoms with E-state index in [0.717, 1.165) is 48.1 Å². The molecule has 2 saturated heterocycles. The highest BCUT2D eigenvalue weighted by molar-refractivity contribution is 6.00. The number of guanidine groups is 1. The summed E-state index contributed by atoms with van der Waals surface area (Å²) in [6.45, 7) is 6.70. The van der Waals surface area contributed by atoms with Gasteiger partial charge in [-0.05, 0) is 37.6 Å². The van der Waals surface area contributed by atoms with Crippen LogP contribution in [0.2, 0.25) is 0 Å². The van der Waals surface area contributed by atoms with E-state index in [1.807, 2.05) is 48.8 Å². The Morgan fingerprint density at radius 2 is 1.83 bits per heavy atom. The fourth-order valence-corrected chi connectivity index (χ4v) is 4.60. The first-order valence-corrected chi connectivity index (χ1v) is 10.2. The summed E-state index contributed by atoms with van der Waals surface area (Å²) in [7, 11) is 0. The van der Waals surface area contributed by atoms with Gasteiger partial charge in [-0.25, -0.2) is 4.98 Å². The molecule has 3 aromatic rings. The first-order chi connectivity index (χ1) is 14.7. The lowest BCUT2D eigenvalue weighted by Gasteiger charge is -2.38. The molecular weight excluding hydrogens is 374 g/mol. The number of piperazine rings is 1. The van der Waals surface area contributed by atoms with Crippen molar-refractivity contribution in [2.24, 2.45) is 4.99 Å². The molecule has 0 radical (unpaired) electrons. The van der Waals surface area contributed by atoms with Gasteiger partial charge in [0.15, 0.2) is 0 Å².